The van der Waals surface area contributed by atoms with Crippen LogP contribution >= 0.6 is 12.6 Å². The summed E-state index contributed by atoms with van der Waals surface area (Å²) in [6.07, 6.45) is 6.72. The third-order valence-corrected chi connectivity index (χ3v) is 5.42. The van der Waals surface area contributed by atoms with Gasteiger partial charge in [0.15, 0.2) is 8.32 Å². The predicted octanol–water partition coefficient (Wildman–Crippen LogP) is 4.11. The first-order valence-electron chi connectivity index (χ1n) is 5.87. The summed E-state index contributed by atoms with van der Waals surface area (Å²) >= 11 is 4.21. The van der Waals surface area contributed by atoms with Gasteiger partial charge in [-0.15, -0.1) is 0 Å². The molecule has 0 aliphatic heterocycles. The molecule has 0 atom stereocenters. The lowest BCUT2D eigenvalue weighted by Crippen LogP contribution is -2.29. The Bertz CT molecular complexity index is 128. The minimum atomic E-state index is -1.29. The van der Waals surface area contributed by atoms with Gasteiger partial charge in [-0.05, 0) is 38.2 Å². The maximum Gasteiger partial charge on any atom is 0.186 e. The fourth-order valence-corrected chi connectivity index (χ4v) is 3.91. The largest absolute Gasteiger partial charge is 0.418 e. The zero-order chi connectivity index (χ0) is 10.9. The van der Waals surface area contributed by atoms with Crippen LogP contribution in [0.3, 0.4) is 0 Å². The highest BCUT2D eigenvalue weighted by Gasteiger charge is 2.20. The first-order chi connectivity index (χ1) is 6.62. The van der Waals surface area contributed by atoms with Crippen LogP contribution in [0, 0.1) is 0 Å². The summed E-state index contributed by atoms with van der Waals surface area (Å²) in [5.74, 6) is 1.04. The Balaban J connectivity index is 3.26. The fourth-order valence-electron chi connectivity index (χ4n) is 1.66. The summed E-state index contributed by atoms with van der Waals surface area (Å²) in [4.78, 5) is 0. The highest BCUT2D eigenvalue weighted by atomic mass is 32.1. The van der Waals surface area contributed by atoms with Crippen LogP contribution in [0.4, 0.5) is 0 Å². The molecule has 0 amide bonds. The van der Waals surface area contributed by atoms with E-state index in [1.165, 1.54) is 38.1 Å². The molecule has 0 saturated heterocycles. The van der Waals surface area contributed by atoms with E-state index in [-0.39, 0.29) is 0 Å². The number of rotatable bonds is 9. The summed E-state index contributed by atoms with van der Waals surface area (Å²) in [5, 5.41) is 0. The molecule has 0 fully saturated rings. The third-order valence-electron chi connectivity index (χ3n) is 2.47. The van der Waals surface area contributed by atoms with Gasteiger partial charge in [-0.2, -0.15) is 12.6 Å². The van der Waals surface area contributed by atoms with E-state index in [0.717, 1.165) is 12.4 Å². The zero-order valence-electron chi connectivity index (χ0n) is 10.0. The first kappa shape index (κ1) is 14.5. The molecule has 86 valence electrons. The second-order valence-electron chi connectivity index (χ2n) is 4.43. The Hall–Kier alpha value is 0.527. The van der Waals surface area contributed by atoms with Crippen LogP contribution < -0.4 is 0 Å². The molecule has 0 rings (SSSR count). The predicted molar refractivity (Wildman–Crippen MR) is 70.9 cm³/mol. The molecule has 1 nitrogen and oxygen atoms in total. The van der Waals surface area contributed by atoms with Gasteiger partial charge in [0.1, 0.15) is 0 Å². The van der Waals surface area contributed by atoms with Crippen LogP contribution in [-0.2, 0) is 4.43 Å². The zero-order valence-corrected chi connectivity index (χ0v) is 11.9. The molecule has 0 aliphatic carbocycles. The average molecular weight is 234 g/mol. The van der Waals surface area contributed by atoms with Crippen molar-refractivity contribution in [3.05, 3.63) is 0 Å². The van der Waals surface area contributed by atoms with E-state index in [1.807, 2.05) is 0 Å². The number of unbranched alkanes of at least 4 members (excludes halogenated alkanes) is 4. The van der Waals surface area contributed by atoms with E-state index in [1.54, 1.807) is 0 Å². The molecule has 3 heteroatoms. The maximum absolute atomic E-state index is 5.78. The number of hydrogen-bond acceptors (Lipinski definition) is 2. The van der Waals surface area contributed by atoms with E-state index in [9.17, 15) is 0 Å². The second kappa shape index (κ2) is 8.80. The first-order valence-corrected chi connectivity index (χ1v) is 9.62. The van der Waals surface area contributed by atoms with E-state index in [4.69, 9.17) is 4.43 Å². The Kier molecular flexibility index (Phi) is 9.14. The molecule has 14 heavy (non-hydrogen) atoms. The van der Waals surface area contributed by atoms with Crippen LogP contribution in [0.25, 0.3) is 0 Å². The molecule has 0 unspecified atom stereocenters. The SMILES string of the molecule is CCO[Si](C)(C)CCCCCCCS. The summed E-state index contributed by atoms with van der Waals surface area (Å²) in [7, 11) is -1.29. The van der Waals surface area contributed by atoms with Gasteiger partial charge < -0.3 is 4.43 Å². The topological polar surface area (TPSA) is 9.23 Å². The van der Waals surface area contributed by atoms with E-state index in [0.29, 0.717) is 0 Å². The van der Waals surface area contributed by atoms with Crippen LogP contribution in [0.5, 0.6) is 0 Å². The molecule has 0 spiro atoms. The highest BCUT2D eigenvalue weighted by molar-refractivity contribution is 7.80. The minimum Gasteiger partial charge on any atom is -0.418 e. The van der Waals surface area contributed by atoms with Crippen molar-refractivity contribution >= 4 is 20.9 Å². The summed E-state index contributed by atoms with van der Waals surface area (Å²) < 4.78 is 5.78. The Morgan fingerprint density at radius 2 is 1.57 bits per heavy atom. The van der Waals surface area contributed by atoms with E-state index < -0.39 is 8.32 Å². The Labute approximate surface area is 96.2 Å². The average Bonchev–Trinajstić information content (AvgIpc) is 2.11. The quantitative estimate of drug-likeness (QED) is 0.359. The summed E-state index contributed by atoms with van der Waals surface area (Å²) in [5.41, 5.74) is 0. The van der Waals surface area contributed by atoms with Gasteiger partial charge in [0, 0.05) is 6.61 Å². The van der Waals surface area contributed by atoms with Crippen molar-refractivity contribution in [3.63, 3.8) is 0 Å². The van der Waals surface area contributed by atoms with Crippen molar-refractivity contribution in [2.75, 3.05) is 12.4 Å². The molecule has 0 N–H and O–H groups in total. The molecule has 0 bridgehead atoms. The molecule has 0 aromatic carbocycles. The fraction of sp³-hybridized carbons (Fsp3) is 1.00. The molecule has 0 aliphatic rings. The van der Waals surface area contributed by atoms with Gasteiger partial charge in [-0.3, -0.25) is 0 Å². The van der Waals surface area contributed by atoms with Gasteiger partial charge in [0.2, 0.25) is 0 Å². The molecule has 0 aromatic rings. The highest BCUT2D eigenvalue weighted by Crippen LogP contribution is 2.16. The van der Waals surface area contributed by atoms with E-state index >= 15 is 0 Å². The lowest BCUT2D eigenvalue weighted by Gasteiger charge is -2.21. The minimum absolute atomic E-state index is 0.888. The third kappa shape index (κ3) is 9.10. The van der Waals surface area contributed by atoms with Crippen LogP contribution in [-0.4, -0.2) is 20.7 Å². The molecule has 0 aromatic heterocycles. The van der Waals surface area contributed by atoms with Crippen LogP contribution in [0.2, 0.25) is 19.1 Å². The summed E-state index contributed by atoms with van der Waals surface area (Å²) in [6, 6.07) is 1.32. The lowest BCUT2D eigenvalue weighted by molar-refractivity contribution is 0.327. The molecular formula is C11H26OSSi. The molecule has 0 radical (unpaired) electrons. The monoisotopic (exact) mass is 234 g/mol. The van der Waals surface area contributed by atoms with Crippen molar-refractivity contribution in [2.45, 2.75) is 58.2 Å². The smallest absolute Gasteiger partial charge is 0.186 e. The molecular weight excluding hydrogens is 208 g/mol. The summed E-state index contributed by atoms with van der Waals surface area (Å²) in [6.45, 7) is 7.63. The van der Waals surface area contributed by atoms with Gasteiger partial charge in [-0.25, -0.2) is 0 Å². The number of hydrogen-bond donors (Lipinski definition) is 1. The van der Waals surface area contributed by atoms with Gasteiger partial charge in [-0.1, -0.05) is 25.7 Å². The Morgan fingerprint density at radius 3 is 2.14 bits per heavy atom. The number of thiol groups is 1. The lowest BCUT2D eigenvalue weighted by atomic mass is 10.2. The van der Waals surface area contributed by atoms with Crippen LogP contribution in [0.15, 0.2) is 0 Å². The second-order valence-corrected chi connectivity index (χ2v) is 9.19. The van der Waals surface area contributed by atoms with Crippen molar-refractivity contribution in [1.82, 2.24) is 0 Å². The van der Waals surface area contributed by atoms with Gasteiger partial charge in [0.25, 0.3) is 0 Å². The Morgan fingerprint density at radius 1 is 1.00 bits per heavy atom. The molecule has 0 saturated carbocycles. The van der Waals surface area contributed by atoms with Crippen molar-refractivity contribution in [2.24, 2.45) is 0 Å². The van der Waals surface area contributed by atoms with Gasteiger partial charge >= 0.3 is 0 Å². The standard InChI is InChI=1S/C11H26OSSi/c1-4-12-14(2,3)11-9-7-5-6-8-10-13/h13H,4-11H2,1-3H3. The van der Waals surface area contributed by atoms with E-state index in [2.05, 4.69) is 32.6 Å². The van der Waals surface area contributed by atoms with Crippen molar-refractivity contribution in [1.29, 1.82) is 0 Å². The normalized spacial score (nSPS) is 12.0. The molecule has 0 heterocycles. The van der Waals surface area contributed by atoms with Crippen molar-refractivity contribution < 1.29 is 4.43 Å². The van der Waals surface area contributed by atoms with Crippen molar-refractivity contribution in [3.8, 4) is 0 Å². The maximum atomic E-state index is 5.78. The van der Waals surface area contributed by atoms with Crippen LogP contribution in [0.1, 0.15) is 39.0 Å². The van der Waals surface area contributed by atoms with Gasteiger partial charge in [0.05, 0.1) is 0 Å².